The van der Waals surface area contributed by atoms with Gasteiger partial charge in [0.2, 0.25) is 0 Å². The van der Waals surface area contributed by atoms with Gasteiger partial charge in [-0.15, -0.1) is 4.91 Å². The van der Waals surface area contributed by atoms with Crippen molar-refractivity contribution in [3.8, 4) is 0 Å². The second-order valence-corrected chi connectivity index (χ2v) is 5.81. The largest absolute Gasteiger partial charge is 0.380 e. The molecule has 0 saturated carbocycles. The van der Waals surface area contributed by atoms with Crippen LogP contribution < -0.4 is 0 Å². The zero-order chi connectivity index (χ0) is 15.4. The molecule has 0 amide bonds. The lowest BCUT2D eigenvalue weighted by Gasteiger charge is -2.41. The van der Waals surface area contributed by atoms with Crippen molar-refractivity contribution in [2.24, 2.45) is 11.2 Å². The normalized spacial score (nSPS) is 16.5. The quantitative estimate of drug-likeness (QED) is 0.881. The van der Waals surface area contributed by atoms with Crippen LogP contribution in [0.4, 0.5) is 0 Å². The number of hydrogen-bond acceptors (Lipinski definition) is 3. The Morgan fingerprint density at radius 2 is 1.36 bits per heavy atom. The van der Waals surface area contributed by atoms with Crippen LogP contribution in [0.2, 0.25) is 0 Å². The molecule has 1 fully saturated rings. The van der Waals surface area contributed by atoms with E-state index in [2.05, 4.69) is 5.29 Å². The maximum Gasteiger partial charge on any atom is 0.118 e. The molecule has 0 aliphatic carbocycles. The van der Waals surface area contributed by atoms with E-state index in [1.807, 2.05) is 60.7 Å². The lowest BCUT2D eigenvalue weighted by molar-refractivity contribution is -0.0141. The standard InChI is InChI=1S/C18H20N2O2/c21-18(15-7-3-1-4-8-15,16-9-5-2-6-10-16)17-11-13-20(19-22)14-12-17/h1-10,17,21H,11-14H2. The molecule has 2 aromatic rings. The fraction of sp³-hybridized carbons (Fsp3) is 0.333. The molecule has 3 rings (SSSR count). The molecule has 0 bridgehead atoms. The van der Waals surface area contributed by atoms with Crippen LogP contribution in [-0.4, -0.2) is 23.2 Å². The average Bonchev–Trinajstić information content (AvgIpc) is 2.62. The topological polar surface area (TPSA) is 52.9 Å². The first kappa shape index (κ1) is 14.7. The Morgan fingerprint density at radius 1 is 0.909 bits per heavy atom. The van der Waals surface area contributed by atoms with Crippen molar-refractivity contribution in [1.29, 1.82) is 0 Å². The van der Waals surface area contributed by atoms with E-state index < -0.39 is 5.60 Å². The summed E-state index contributed by atoms with van der Waals surface area (Å²) >= 11 is 0. The number of rotatable bonds is 4. The molecule has 2 aromatic carbocycles. The van der Waals surface area contributed by atoms with Gasteiger partial charge in [0.1, 0.15) is 5.60 Å². The summed E-state index contributed by atoms with van der Waals surface area (Å²) < 4.78 is 0. The number of nitrogens with zero attached hydrogens (tertiary/aromatic N) is 2. The first-order valence-electron chi connectivity index (χ1n) is 7.67. The smallest absolute Gasteiger partial charge is 0.118 e. The summed E-state index contributed by atoms with van der Waals surface area (Å²) in [4.78, 5) is 10.7. The number of benzene rings is 2. The van der Waals surface area contributed by atoms with Gasteiger partial charge in [-0.05, 0) is 29.9 Å². The van der Waals surface area contributed by atoms with E-state index in [0.29, 0.717) is 13.1 Å². The fourth-order valence-electron chi connectivity index (χ4n) is 3.39. The van der Waals surface area contributed by atoms with Gasteiger partial charge in [0.05, 0.1) is 5.29 Å². The SMILES string of the molecule is O=NN1CCC(C(O)(c2ccccc2)c2ccccc2)CC1. The van der Waals surface area contributed by atoms with Crippen molar-refractivity contribution in [3.05, 3.63) is 76.7 Å². The van der Waals surface area contributed by atoms with Crippen molar-refractivity contribution >= 4 is 0 Å². The van der Waals surface area contributed by atoms with Crippen LogP contribution in [0.3, 0.4) is 0 Å². The molecule has 114 valence electrons. The number of hydrogen-bond donors (Lipinski definition) is 1. The van der Waals surface area contributed by atoms with Gasteiger partial charge in [0, 0.05) is 13.1 Å². The Bertz CT molecular complexity index is 568. The monoisotopic (exact) mass is 296 g/mol. The van der Waals surface area contributed by atoms with Crippen LogP contribution in [0.5, 0.6) is 0 Å². The molecular formula is C18H20N2O2. The predicted molar refractivity (Wildman–Crippen MR) is 86.0 cm³/mol. The van der Waals surface area contributed by atoms with Gasteiger partial charge in [-0.1, -0.05) is 60.7 Å². The Kier molecular flexibility index (Phi) is 4.20. The van der Waals surface area contributed by atoms with Crippen molar-refractivity contribution in [3.63, 3.8) is 0 Å². The first-order chi connectivity index (χ1) is 10.7. The third-order valence-corrected chi connectivity index (χ3v) is 4.61. The number of aliphatic hydroxyl groups is 1. The van der Waals surface area contributed by atoms with Crippen LogP contribution in [0.15, 0.2) is 65.9 Å². The van der Waals surface area contributed by atoms with E-state index in [1.54, 1.807) is 0 Å². The average molecular weight is 296 g/mol. The summed E-state index contributed by atoms with van der Waals surface area (Å²) in [6, 6.07) is 19.6. The highest BCUT2D eigenvalue weighted by Crippen LogP contribution is 2.41. The molecule has 1 aliphatic heterocycles. The van der Waals surface area contributed by atoms with E-state index in [4.69, 9.17) is 0 Å². The van der Waals surface area contributed by atoms with Crippen molar-refractivity contribution < 1.29 is 5.11 Å². The highest BCUT2D eigenvalue weighted by Gasteiger charge is 2.41. The zero-order valence-corrected chi connectivity index (χ0v) is 12.4. The lowest BCUT2D eigenvalue weighted by Crippen LogP contribution is -2.42. The van der Waals surface area contributed by atoms with Crippen molar-refractivity contribution in [1.82, 2.24) is 5.01 Å². The van der Waals surface area contributed by atoms with Gasteiger partial charge >= 0.3 is 0 Å². The Labute approximate surface area is 130 Å². The zero-order valence-electron chi connectivity index (χ0n) is 12.4. The van der Waals surface area contributed by atoms with Gasteiger partial charge < -0.3 is 5.11 Å². The highest BCUT2D eigenvalue weighted by atomic mass is 16.3. The van der Waals surface area contributed by atoms with Crippen LogP contribution in [0, 0.1) is 10.8 Å². The molecule has 0 aromatic heterocycles. The van der Waals surface area contributed by atoms with Crippen molar-refractivity contribution in [2.75, 3.05) is 13.1 Å². The second kappa shape index (κ2) is 6.28. The Hall–Kier alpha value is -2.20. The molecule has 1 N–H and O–H groups in total. The summed E-state index contributed by atoms with van der Waals surface area (Å²) in [5.41, 5.74) is 0.773. The minimum Gasteiger partial charge on any atom is -0.380 e. The van der Waals surface area contributed by atoms with Crippen LogP contribution in [0.1, 0.15) is 24.0 Å². The van der Waals surface area contributed by atoms with Crippen LogP contribution in [0.25, 0.3) is 0 Å². The molecule has 4 heteroatoms. The summed E-state index contributed by atoms with van der Waals surface area (Å²) in [6.45, 7) is 1.19. The Balaban J connectivity index is 1.99. The molecule has 22 heavy (non-hydrogen) atoms. The molecular weight excluding hydrogens is 276 g/mol. The minimum atomic E-state index is -1.03. The first-order valence-corrected chi connectivity index (χ1v) is 7.67. The molecule has 1 aliphatic rings. The molecule has 1 saturated heterocycles. The Morgan fingerprint density at radius 3 is 1.77 bits per heavy atom. The second-order valence-electron chi connectivity index (χ2n) is 5.81. The van der Waals surface area contributed by atoms with Crippen LogP contribution >= 0.6 is 0 Å². The minimum absolute atomic E-state index is 0.0651. The fourth-order valence-corrected chi connectivity index (χ4v) is 3.39. The maximum atomic E-state index is 11.6. The van der Waals surface area contributed by atoms with E-state index in [0.717, 1.165) is 24.0 Å². The third kappa shape index (κ3) is 2.62. The predicted octanol–water partition coefficient (Wildman–Crippen LogP) is 3.32. The highest BCUT2D eigenvalue weighted by molar-refractivity contribution is 5.37. The van der Waals surface area contributed by atoms with Gasteiger partial charge in [-0.3, -0.25) is 5.01 Å². The van der Waals surface area contributed by atoms with Gasteiger partial charge in [0.25, 0.3) is 0 Å². The molecule has 0 spiro atoms. The van der Waals surface area contributed by atoms with Gasteiger partial charge in [0.15, 0.2) is 0 Å². The lowest BCUT2D eigenvalue weighted by atomic mass is 9.72. The summed E-state index contributed by atoms with van der Waals surface area (Å²) in [5.74, 6) is 0.0651. The summed E-state index contributed by atoms with van der Waals surface area (Å²) in [6.07, 6.45) is 1.48. The van der Waals surface area contributed by atoms with E-state index in [1.165, 1.54) is 5.01 Å². The maximum absolute atomic E-state index is 11.6. The number of nitroso groups, excluding NO2 is 1. The molecule has 0 radical (unpaired) electrons. The molecule has 0 unspecified atom stereocenters. The van der Waals surface area contributed by atoms with Gasteiger partial charge in [-0.25, -0.2) is 0 Å². The molecule has 0 atom stereocenters. The summed E-state index contributed by atoms with van der Waals surface area (Å²) in [7, 11) is 0. The van der Waals surface area contributed by atoms with E-state index in [9.17, 15) is 10.0 Å². The third-order valence-electron chi connectivity index (χ3n) is 4.61. The van der Waals surface area contributed by atoms with Crippen molar-refractivity contribution in [2.45, 2.75) is 18.4 Å². The van der Waals surface area contributed by atoms with E-state index >= 15 is 0 Å². The number of piperidine rings is 1. The molecule has 4 nitrogen and oxygen atoms in total. The van der Waals surface area contributed by atoms with Crippen LogP contribution in [-0.2, 0) is 5.60 Å². The van der Waals surface area contributed by atoms with E-state index in [-0.39, 0.29) is 5.92 Å². The van der Waals surface area contributed by atoms with Gasteiger partial charge in [-0.2, -0.15) is 0 Å². The molecule has 1 heterocycles. The summed E-state index contributed by atoms with van der Waals surface area (Å²) in [5, 5.41) is 16.2.